The SMILES string of the molecule is CC(C)(C)[Si](C)(C)C(C(N)=O)[Si](C)(C)C(C)(C)C. The molecule has 108 valence electrons. The van der Waals surface area contributed by atoms with E-state index in [4.69, 9.17) is 5.73 Å². The van der Waals surface area contributed by atoms with Gasteiger partial charge in [-0.3, -0.25) is 4.79 Å². The van der Waals surface area contributed by atoms with Crippen LogP contribution in [0.15, 0.2) is 0 Å². The predicted molar refractivity (Wildman–Crippen MR) is 87.3 cm³/mol. The summed E-state index contributed by atoms with van der Waals surface area (Å²) in [6.07, 6.45) is 0. The van der Waals surface area contributed by atoms with Gasteiger partial charge in [0.15, 0.2) is 0 Å². The van der Waals surface area contributed by atoms with Gasteiger partial charge in [0.25, 0.3) is 0 Å². The number of amides is 1. The highest BCUT2D eigenvalue weighted by Crippen LogP contribution is 2.53. The normalized spacial score (nSPS) is 15.1. The van der Waals surface area contributed by atoms with Crippen LogP contribution in [0.3, 0.4) is 0 Å². The van der Waals surface area contributed by atoms with E-state index in [0.717, 1.165) is 0 Å². The molecule has 0 heterocycles. The first-order valence-corrected chi connectivity index (χ1v) is 13.0. The number of nitrogens with two attached hydrogens (primary N) is 1. The third kappa shape index (κ3) is 3.07. The van der Waals surface area contributed by atoms with E-state index >= 15 is 0 Å². The summed E-state index contributed by atoms with van der Waals surface area (Å²) in [7, 11) is -3.51. The summed E-state index contributed by atoms with van der Waals surface area (Å²) in [4.78, 5) is 12.2. The number of hydrogen-bond donors (Lipinski definition) is 1. The van der Waals surface area contributed by atoms with E-state index in [0.29, 0.717) is 0 Å². The maximum Gasteiger partial charge on any atom is 0.215 e. The summed E-state index contributed by atoms with van der Waals surface area (Å²) in [6.45, 7) is 22.9. The average Bonchev–Trinajstić information content (AvgIpc) is 1.96. The largest absolute Gasteiger partial charge is 0.370 e. The van der Waals surface area contributed by atoms with Crippen molar-refractivity contribution in [2.75, 3.05) is 0 Å². The first kappa shape index (κ1) is 17.9. The quantitative estimate of drug-likeness (QED) is 0.768. The zero-order valence-electron chi connectivity index (χ0n) is 14.1. The Kier molecular flexibility index (Phi) is 4.76. The Morgan fingerprint density at radius 3 is 1.17 bits per heavy atom. The van der Waals surface area contributed by atoms with Gasteiger partial charge in [-0.15, -0.1) is 0 Å². The molecule has 0 rings (SSSR count). The maximum absolute atomic E-state index is 12.2. The Morgan fingerprint density at radius 1 is 0.833 bits per heavy atom. The highest BCUT2D eigenvalue weighted by atomic mass is 28.4. The van der Waals surface area contributed by atoms with Crippen LogP contribution in [0.4, 0.5) is 0 Å². The second-order valence-electron chi connectivity index (χ2n) is 8.78. The lowest BCUT2D eigenvalue weighted by atomic mass is 10.2. The van der Waals surface area contributed by atoms with Gasteiger partial charge in [-0.25, -0.2) is 0 Å². The Hall–Kier alpha value is -0.0962. The predicted octanol–water partition coefficient (Wildman–Crippen LogP) is 4.40. The van der Waals surface area contributed by atoms with Gasteiger partial charge in [0, 0.05) is 5.16 Å². The van der Waals surface area contributed by atoms with Gasteiger partial charge in [0.05, 0.1) is 16.1 Å². The smallest absolute Gasteiger partial charge is 0.215 e. The first-order valence-electron chi connectivity index (χ1n) is 6.86. The summed E-state index contributed by atoms with van der Waals surface area (Å²) < 4.78 is 0. The van der Waals surface area contributed by atoms with Crippen molar-refractivity contribution >= 4 is 22.1 Å². The van der Waals surface area contributed by atoms with Crippen molar-refractivity contribution in [1.82, 2.24) is 0 Å². The summed E-state index contributed by atoms with van der Waals surface area (Å²) >= 11 is 0. The van der Waals surface area contributed by atoms with Crippen LogP contribution in [0.1, 0.15) is 41.5 Å². The monoisotopic (exact) mass is 287 g/mol. The highest BCUT2D eigenvalue weighted by molar-refractivity contribution is 7.03. The zero-order chi connectivity index (χ0) is 15.2. The van der Waals surface area contributed by atoms with Crippen LogP contribution in [0.2, 0.25) is 41.4 Å². The van der Waals surface area contributed by atoms with Crippen LogP contribution in [-0.4, -0.2) is 22.1 Å². The minimum absolute atomic E-state index is 0.0619. The molecule has 0 saturated carbocycles. The van der Waals surface area contributed by atoms with E-state index in [-0.39, 0.29) is 21.1 Å². The van der Waals surface area contributed by atoms with Crippen LogP contribution >= 0.6 is 0 Å². The molecule has 18 heavy (non-hydrogen) atoms. The van der Waals surface area contributed by atoms with Crippen molar-refractivity contribution in [2.24, 2.45) is 5.73 Å². The molecule has 0 saturated heterocycles. The second-order valence-corrected chi connectivity index (χ2v) is 20.4. The molecular weight excluding hydrogens is 254 g/mol. The van der Waals surface area contributed by atoms with E-state index in [1.54, 1.807) is 0 Å². The molecule has 0 aromatic heterocycles. The molecule has 0 fully saturated rings. The molecule has 0 atom stereocenters. The molecule has 0 aliphatic rings. The lowest BCUT2D eigenvalue weighted by Gasteiger charge is -2.52. The number of rotatable bonds is 3. The van der Waals surface area contributed by atoms with Gasteiger partial charge in [0.1, 0.15) is 0 Å². The number of hydrogen-bond acceptors (Lipinski definition) is 1. The third-order valence-electron chi connectivity index (χ3n) is 5.59. The highest BCUT2D eigenvalue weighted by Gasteiger charge is 2.55. The van der Waals surface area contributed by atoms with Crippen molar-refractivity contribution in [2.45, 2.75) is 83.0 Å². The molecule has 0 aromatic carbocycles. The van der Waals surface area contributed by atoms with Crippen molar-refractivity contribution in [3.8, 4) is 0 Å². The van der Waals surface area contributed by atoms with Gasteiger partial charge in [-0.05, 0) is 10.1 Å². The second kappa shape index (κ2) is 4.78. The minimum Gasteiger partial charge on any atom is -0.370 e. The Labute approximate surface area is 116 Å². The summed E-state index contributed by atoms with van der Waals surface area (Å²) in [5, 5.41) is 0.509. The minimum atomic E-state index is -1.76. The fourth-order valence-electron chi connectivity index (χ4n) is 2.48. The molecule has 0 aromatic rings. The van der Waals surface area contributed by atoms with E-state index in [2.05, 4.69) is 67.7 Å². The van der Waals surface area contributed by atoms with Crippen molar-refractivity contribution in [3.05, 3.63) is 0 Å². The fraction of sp³-hybridized carbons (Fsp3) is 0.929. The molecule has 0 unspecified atom stereocenters. The lowest BCUT2D eigenvalue weighted by Crippen LogP contribution is -2.60. The molecular formula is C14H33NOSi2. The molecule has 0 bridgehead atoms. The van der Waals surface area contributed by atoms with E-state index in [9.17, 15) is 4.79 Å². The van der Waals surface area contributed by atoms with Gasteiger partial charge < -0.3 is 5.73 Å². The molecule has 4 heteroatoms. The van der Waals surface area contributed by atoms with Crippen LogP contribution in [0.25, 0.3) is 0 Å². The van der Waals surface area contributed by atoms with Gasteiger partial charge in [0.2, 0.25) is 5.91 Å². The number of carbonyl (C=O) groups is 1. The van der Waals surface area contributed by atoms with E-state index in [1.807, 2.05) is 0 Å². The van der Waals surface area contributed by atoms with Crippen LogP contribution in [-0.2, 0) is 4.79 Å². The standard InChI is InChI=1S/C14H33NOSi2/c1-13(2,3)17(7,8)12(11(15)16)18(9,10)14(4,5)6/h12H,1-10H3,(H2,15,16). The summed E-state index contributed by atoms with van der Waals surface area (Å²) in [6, 6.07) is 0. The third-order valence-corrected chi connectivity index (χ3v) is 21.1. The van der Waals surface area contributed by atoms with Gasteiger partial charge in [-0.1, -0.05) is 67.7 Å². The van der Waals surface area contributed by atoms with Crippen molar-refractivity contribution < 1.29 is 4.79 Å². The average molecular weight is 288 g/mol. The molecule has 0 aliphatic carbocycles. The molecule has 0 spiro atoms. The van der Waals surface area contributed by atoms with Crippen molar-refractivity contribution in [1.29, 1.82) is 0 Å². The van der Waals surface area contributed by atoms with Gasteiger partial charge in [-0.2, -0.15) is 0 Å². The van der Waals surface area contributed by atoms with E-state index < -0.39 is 16.1 Å². The lowest BCUT2D eigenvalue weighted by molar-refractivity contribution is -0.117. The Balaban J connectivity index is 5.85. The van der Waals surface area contributed by atoms with Crippen LogP contribution in [0.5, 0.6) is 0 Å². The maximum atomic E-state index is 12.2. The summed E-state index contributed by atoms with van der Waals surface area (Å²) in [5.74, 6) is -0.0619. The molecule has 1 amide bonds. The Bertz CT molecular complexity index is 296. The number of carbonyl (C=O) groups excluding carboxylic acids is 1. The topological polar surface area (TPSA) is 43.1 Å². The molecule has 0 radical (unpaired) electrons. The van der Waals surface area contributed by atoms with Crippen LogP contribution < -0.4 is 5.73 Å². The number of primary amides is 1. The molecule has 2 nitrogen and oxygen atoms in total. The van der Waals surface area contributed by atoms with Crippen LogP contribution in [0, 0.1) is 0 Å². The Morgan fingerprint density at radius 2 is 1.06 bits per heavy atom. The fourth-order valence-corrected chi connectivity index (χ4v) is 15.4. The molecule has 2 N–H and O–H groups in total. The first-order chi connectivity index (χ1) is 7.57. The van der Waals surface area contributed by atoms with E-state index in [1.165, 1.54) is 0 Å². The summed E-state index contributed by atoms with van der Waals surface area (Å²) in [5.41, 5.74) is 5.83. The van der Waals surface area contributed by atoms with Gasteiger partial charge >= 0.3 is 0 Å². The van der Waals surface area contributed by atoms with Crippen molar-refractivity contribution in [3.63, 3.8) is 0 Å². The zero-order valence-corrected chi connectivity index (χ0v) is 16.1. The molecule has 0 aliphatic heterocycles.